The Kier molecular flexibility index (Phi) is 11.5. The van der Waals surface area contributed by atoms with E-state index >= 15 is 0 Å². The molecular formula is C41H42F2N2O2. The van der Waals surface area contributed by atoms with Crippen LogP contribution in [0, 0.1) is 11.6 Å². The molecule has 0 spiro atoms. The molecule has 0 radical (unpaired) electrons. The summed E-state index contributed by atoms with van der Waals surface area (Å²) in [6.45, 7) is 4.30. The Labute approximate surface area is 277 Å². The summed E-state index contributed by atoms with van der Waals surface area (Å²) >= 11 is 0. The van der Waals surface area contributed by atoms with Crippen molar-refractivity contribution in [1.82, 2.24) is 9.80 Å². The first kappa shape index (κ1) is 32.7. The molecule has 242 valence electrons. The third-order valence-corrected chi connectivity index (χ3v) is 8.85. The van der Waals surface area contributed by atoms with Crippen molar-refractivity contribution in [1.29, 1.82) is 0 Å². The lowest BCUT2D eigenvalue weighted by atomic mass is 9.92. The Bertz CT molecular complexity index is 1580. The zero-order chi connectivity index (χ0) is 32.3. The van der Waals surface area contributed by atoms with Crippen LogP contribution in [0.3, 0.4) is 0 Å². The van der Waals surface area contributed by atoms with Gasteiger partial charge in [-0.3, -0.25) is 9.80 Å². The Morgan fingerprint density at radius 3 is 1.72 bits per heavy atom. The molecule has 0 N–H and O–H groups in total. The highest BCUT2D eigenvalue weighted by Crippen LogP contribution is 2.28. The molecule has 1 saturated heterocycles. The highest BCUT2D eigenvalue weighted by molar-refractivity contribution is 5.23. The molecule has 6 rings (SSSR count). The van der Waals surface area contributed by atoms with Gasteiger partial charge >= 0.3 is 0 Å². The fourth-order valence-electron chi connectivity index (χ4n) is 6.57. The Balaban J connectivity index is 1.44. The molecule has 0 aromatic heterocycles. The number of nitrogens with zero attached hydrogens (tertiary/aromatic N) is 2. The zero-order valence-electron chi connectivity index (χ0n) is 26.6. The summed E-state index contributed by atoms with van der Waals surface area (Å²) in [5.41, 5.74) is 5.19. The summed E-state index contributed by atoms with van der Waals surface area (Å²) < 4.78 is 42.6. The molecule has 47 heavy (non-hydrogen) atoms. The molecule has 5 aromatic carbocycles. The van der Waals surface area contributed by atoms with E-state index in [2.05, 4.69) is 70.5 Å². The SMILES string of the molecule is Fc1cc(F)cc(CC([C@H](OCc2ccccc2)[C@H]2COCCN2Cc2ccccc2)N(Cc2ccccc2)Cc2ccccc2)c1. The average Bonchev–Trinajstić information content (AvgIpc) is 3.10. The van der Waals surface area contributed by atoms with E-state index in [1.807, 2.05) is 60.7 Å². The molecule has 1 aliphatic heterocycles. The topological polar surface area (TPSA) is 24.9 Å². The van der Waals surface area contributed by atoms with Crippen LogP contribution in [0.2, 0.25) is 0 Å². The van der Waals surface area contributed by atoms with Crippen molar-refractivity contribution in [3.05, 3.63) is 179 Å². The van der Waals surface area contributed by atoms with Crippen molar-refractivity contribution in [2.45, 2.75) is 50.8 Å². The molecule has 1 unspecified atom stereocenters. The van der Waals surface area contributed by atoms with Gasteiger partial charge in [0.2, 0.25) is 0 Å². The number of hydrogen-bond donors (Lipinski definition) is 0. The highest BCUT2D eigenvalue weighted by atomic mass is 19.1. The van der Waals surface area contributed by atoms with Gasteiger partial charge in [-0.2, -0.15) is 0 Å². The number of benzene rings is 5. The van der Waals surface area contributed by atoms with Gasteiger partial charge < -0.3 is 9.47 Å². The van der Waals surface area contributed by atoms with Gasteiger partial charge in [0.25, 0.3) is 0 Å². The van der Waals surface area contributed by atoms with E-state index in [9.17, 15) is 8.78 Å². The van der Waals surface area contributed by atoms with E-state index in [-0.39, 0.29) is 18.2 Å². The molecule has 3 atom stereocenters. The number of ether oxygens (including phenoxy) is 2. The minimum Gasteiger partial charge on any atom is -0.378 e. The second-order valence-electron chi connectivity index (χ2n) is 12.3. The molecule has 1 heterocycles. The lowest BCUT2D eigenvalue weighted by Gasteiger charge is -2.46. The molecule has 5 aromatic rings. The van der Waals surface area contributed by atoms with Gasteiger partial charge in [-0.1, -0.05) is 121 Å². The van der Waals surface area contributed by atoms with Crippen molar-refractivity contribution >= 4 is 0 Å². The van der Waals surface area contributed by atoms with Gasteiger partial charge in [0.1, 0.15) is 11.6 Å². The predicted octanol–water partition coefficient (Wildman–Crippen LogP) is 8.06. The average molecular weight is 633 g/mol. The van der Waals surface area contributed by atoms with Crippen LogP contribution in [-0.2, 0) is 42.1 Å². The fourth-order valence-corrected chi connectivity index (χ4v) is 6.57. The molecule has 4 nitrogen and oxygen atoms in total. The number of hydrogen-bond acceptors (Lipinski definition) is 4. The first-order chi connectivity index (χ1) is 23.1. The lowest BCUT2D eigenvalue weighted by Crippen LogP contribution is -2.59. The van der Waals surface area contributed by atoms with Crippen LogP contribution in [0.1, 0.15) is 27.8 Å². The van der Waals surface area contributed by atoms with Crippen LogP contribution >= 0.6 is 0 Å². The Morgan fingerprint density at radius 2 is 1.17 bits per heavy atom. The van der Waals surface area contributed by atoms with Gasteiger partial charge in [0.15, 0.2) is 0 Å². The molecule has 1 fully saturated rings. The standard InChI is InChI=1S/C41H42F2N2O2/c42-37-23-36(24-38(43)26-37)25-39(45(28-33-15-7-2-8-16-33)29-34-17-9-3-10-18-34)41(47-30-35-19-11-4-12-20-35)40-31-46-22-21-44(40)27-32-13-5-1-6-14-32/h1-20,23-24,26,39-41H,21-22,25,27-31H2/t39?,40-,41+/m1/s1. The quantitative estimate of drug-likeness (QED) is 0.124. The first-order valence-corrected chi connectivity index (χ1v) is 16.4. The van der Waals surface area contributed by atoms with Gasteiger partial charge in [0.05, 0.1) is 32.0 Å². The summed E-state index contributed by atoms with van der Waals surface area (Å²) in [7, 11) is 0. The molecule has 1 aliphatic rings. The molecule has 0 aliphatic carbocycles. The van der Waals surface area contributed by atoms with Crippen LogP contribution in [0.5, 0.6) is 0 Å². The van der Waals surface area contributed by atoms with Crippen molar-refractivity contribution in [2.75, 3.05) is 19.8 Å². The van der Waals surface area contributed by atoms with Gasteiger partial charge in [-0.25, -0.2) is 8.78 Å². The number of rotatable bonds is 14. The first-order valence-electron chi connectivity index (χ1n) is 16.4. The molecule has 0 amide bonds. The summed E-state index contributed by atoms with van der Waals surface area (Å²) in [5, 5.41) is 0. The third kappa shape index (κ3) is 9.43. The number of morpholine rings is 1. The van der Waals surface area contributed by atoms with Gasteiger partial charge in [-0.05, 0) is 46.4 Å². The van der Waals surface area contributed by atoms with Gasteiger partial charge in [-0.15, -0.1) is 0 Å². The monoisotopic (exact) mass is 632 g/mol. The van der Waals surface area contributed by atoms with Crippen molar-refractivity contribution < 1.29 is 18.3 Å². The summed E-state index contributed by atoms with van der Waals surface area (Å²) in [6.07, 6.45) is 0.0294. The summed E-state index contributed by atoms with van der Waals surface area (Å²) in [5.74, 6) is -1.16. The molecular weight excluding hydrogens is 590 g/mol. The smallest absolute Gasteiger partial charge is 0.126 e. The molecule has 0 bridgehead atoms. The Hall–Kier alpha value is -4.20. The third-order valence-electron chi connectivity index (χ3n) is 8.85. The van der Waals surface area contributed by atoms with Crippen LogP contribution in [0.25, 0.3) is 0 Å². The zero-order valence-corrected chi connectivity index (χ0v) is 26.6. The van der Waals surface area contributed by atoms with E-state index in [0.717, 1.165) is 35.8 Å². The van der Waals surface area contributed by atoms with Crippen LogP contribution < -0.4 is 0 Å². The van der Waals surface area contributed by atoms with Gasteiger partial charge in [0, 0.05) is 38.3 Å². The summed E-state index contributed by atoms with van der Waals surface area (Å²) in [6, 6.07) is 44.8. The molecule has 0 saturated carbocycles. The minimum absolute atomic E-state index is 0.106. The second kappa shape index (κ2) is 16.6. The maximum Gasteiger partial charge on any atom is 0.126 e. The second-order valence-corrected chi connectivity index (χ2v) is 12.3. The van der Waals surface area contributed by atoms with E-state index < -0.39 is 11.6 Å². The van der Waals surface area contributed by atoms with Crippen molar-refractivity contribution in [3.8, 4) is 0 Å². The summed E-state index contributed by atoms with van der Waals surface area (Å²) in [4.78, 5) is 4.87. The normalized spacial score (nSPS) is 16.6. The van der Waals surface area contributed by atoms with Crippen molar-refractivity contribution in [2.24, 2.45) is 0 Å². The lowest BCUT2D eigenvalue weighted by molar-refractivity contribution is -0.120. The maximum absolute atomic E-state index is 14.7. The van der Waals surface area contributed by atoms with Crippen LogP contribution in [-0.4, -0.2) is 47.7 Å². The van der Waals surface area contributed by atoms with E-state index in [1.165, 1.54) is 17.7 Å². The highest BCUT2D eigenvalue weighted by Gasteiger charge is 2.39. The maximum atomic E-state index is 14.7. The molecule has 6 heteroatoms. The Morgan fingerprint density at radius 1 is 0.660 bits per heavy atom. The number of halogens is 2. The largest absolute Gasteiger partial charge is 0.378 e. The van der Waals surface area contributed by atoms with Crippen molar-refractivity contribution in [3.63, 3.8) is 0 Å². The van der Waals surface area contributed by atoms with E-state index in [0.29, 0.717) is 44.9 Å². The van der Waals surface area contributed by atoms with E-state index in [4.69, 9.17) is 9.47 Å². The minimum atomic E-state index is -0.579. The van der Waals surface area contributed by atoms with E-state index in [1.54, 1.807) is 0 Å². The fraction of sp³-hybridized carbons (Fsp3) is 0.268. The van der Waals surface area contributed by atoms with Crippen LogP contribution in [0.4, 0.5) is 8.78 Å². The predicted molar refractivity (Wildman–Crippen MR) is 182 cm³/mol. The van der Waals surface area contributed by atoms with Crippen LogP contribution in [0.15, 0.2) is 140 Å².